The van der Waals surface area contributed by atoms with Crippen LogP contribution in [0.1, 0.15) is 4.11 Å². The maximum atomic E-state index is 8.60. The molecule has 0 unspecified atom stereocenters. The van der Waals surface area contributed by atoms with E-state index in [4.69, 9.17) is 14.2 Å². The minimum absolute atomic E-state index is 0.0777. The lowest BCUT2D eigenvalue weighted by molar-refractivity contribution is 0.423. The van der Waals surface area contributed by atoms with E-state index in [-0.39, 0.29) is 5.59 Å². The molecule has 0 amide bonds. The number of aromatic nitrogens is 2. The van der Waals surface area contributed by atoms with Crippen LogP contribution in [0.3, 0.4) is 0 Å². The molecule has 2 N–H and O–H groups in total. The van der Waals surface area contributed by atoms with E-state index in [9.17, 15) is 0 Å². The highest BCUT2D eigenvalue weighted by Crippen LogP contribution is 1.76. The van der Waals surface area contributed by atoms with Crippen molar-refractivity contribution in [3.05, 3.63) is 12.3 Å². The van der Waals surface area contributed by atoms with Crippen molar-refractivity contribution in [2.24, 2.45) is 6.98 Å². The fourth-order valence-corrected chi connectivity index (χ4v) is 0.476. The lowest BCUT2D eigenvalue weighted by atomic mass is 9.87. The third-order valence-electron chi connectivity index (χ3n) is 0.874. The summed E-state index contributed by atoms with van der Waals surface area (Å²) in [5, 5.41) is 20.6. The Morgan fingerprint density at radius 2 is 2.67 bits per heavy atom. The standard InChI is InChI=1S/C4H7BN2O2/c1-7-3-2-4(6-7)5(8)9/h2-3,8-9H,1H3/i1D3. The van der Waals surface area contributed by atoms with E-state index in [1.165, 1.54) is 12.3 Å². The Kier molecular flexibility index (Phi) is 0.829. The van der Waals surface area contributed by atoms with E-state index in [0.29, 0.717) is 4.68 Å². The van der Waals surface area contributed by atoms with Gasteiger partial charge in [-0.1, -0.05) is 0 Å². The van der Waals surface area contributed by atoms with E-state index >= 15 is 0 Å². The molecule has 0 aliphatic rings. The normalized spacial score (nSPS) is 16.0. The number of rotatable bonds is 1. The van der Waals surface area contributed by atoms with Crippen molar-refractivity contribution in [3.63, 3.8) is 0 Å². The minimum atomic E-state index is -2.37. The van der Waals surface area contributed by atoms with Crippen LogP contribution in [0, 0.1) is 0 Å². The average Bonchev–Trinajstić information content (AvgIpc) is 2.30. The van der Waals surface area contributed by atoms with Gasteiger partial charge in [0.05, 0.1) is 5.59 Å². The molecule has 5 heteroatoms. The second kappa shape index (κ2) is 2.20. The van der Waals surface area contributed by atoms with Gasteiger partial charge in [0.15, 0.2) is 0 Å². The summed E-state index contributed by atoms with van der Waals surface area (Å²) in [6, 6.07) is 1.23. The topological polar surface area (TPSA) is 58.3 Å². The lowest BCUT2D eigenvalue weighted by Gasteiger charge is -1.88. The van der Waals surface area contributed by atoms with Crippen LogP contribution >= 0.6 is 0 Å². The quantitative estimate of drug-likeness (QED) is 0.435. The van der Waals surface area contributed by atoms with Crippen LogP contribution in [0.5, 0.6) is 0 Å². The van der Waals surface area contributed by atoms with Crippen molar-refractivity contribution in [2.75, 3.05) is 0 Å². The largest absolute Gasteiger partial charge is 0.510 e. The highest BCUT2D eigenvalue weighted by atomic mass is 16.4. The average molecular weight is 129 g/mol. The third-order valence-corrected chi connectivity index (χ3v) is 0.874. The lowest BCUT2D eigenvalue weighted by Crippen LogP contribution is -2.31. The molecule has 1 rings (SSSR count). The molecule has 0 aliphatic carbocycles. The van der Waals surface area contributed by atoms with Gasteiger partial charge >= 0.3 is 7.12 Å². The first kappa shape index (κ1) is 3.38. The Hall–Kier alpha value is -0.805. The summed E-state index contributed by atoms with van der Waals surface area (Å²) in [6.07, 6.45) is 1.17. The molecule has 0 spiro atoms. The maximum Gasteiger partial charge on any atom is 0.510 e. The van der Waals surface area contributed by atoms with Crippen molar-refractivity contribution in [1.29, 1.82) is 0 Å². The number of hydrogen-bond acceptors (Lipinski definition) is 3. The summed E-state index contributed by atoms with van der Waals surface area (Å²) >= 11 is 0. The highest BCUT2D eigenvalue weighted by Gasteiger charge is 2.12. The Morgan fingerprint density at radius 3 is 3.00 bits per heavy atom. The van der Waals surface area contributed by atoms with E-state index in [1.807, 2.05) is 0 Å². The Morgan fingerprint density at radius 1 is 1.89 bits per heavy atom. The van der Waals surface area contributed by atoms with Crippen LogP contribution in [-0.2, 0) is 6.98 Å². The van der Waals surface area contributed by atoms with E-state index in [2.05, 4.69) is 5.10 Å². The highest BCUT2D eigenvalue weighted by molar-refractivity contribution is 6.57. The Balaban J connectivity index is 2.92. The fourth-order valence-electron chi connectivity index (χ4n) is 0.476. The van der Waals surface area contributed by atoms with Crippen LogP contribution in [-0.4, -0.2) is 26.9 Å². The summed E-state index contributed by atoms with van der Waals surface area (Å²) in [6.45, 7) is -2.37. The van der Waals surface area contributed by atoms with Gasteiger partial charge in [0.25, 0.3) is 0 Å². The number of nitrogens with zero attached hydrogens (tertiary/aromatic N) is 2. The predicted octanol–water partition coefficient (Wildman–Crippen LogP) is -1.90. The summed E-state index contributed by atoms with van der Waals surface area (Å²) in [7, 11) is -1.73. The minimum Gasteiger partial charge on any atom is -0.422 e. The molecule has 9 heavy (non-hydrogen) atoms. The molecule has 0 aromatic carbocycles. The summed E-state index contributed by atoms with van der Waals surface area (Å²) in [5.41, 5.74) is -0.0777. The summed E-state index contributed by atoms with van der Waals surface area (Å²) < 4.78 is 21.4. The SMILES string of the molecule is [2H]C([2H])([2H])n1ccc(B(O)O)n1. The van der Waals surface area contributed by atoms with Gasteiger partial charge in [-0.15, -0.1) is 0 Å². The zero-order valence-corrected chi connectivity index (χ0v) is 4.52. The predicted molar refractivity (Wildman–Crippen MR) is 33.0 cm³/mol. The van der Waals surface area contributed by atoms with Crippen molar-refractivity contribution in [2.45, 2.75) is 0 Å². The third kappa shape index (κ3) is 1.31. The molecule has 0 saturated heterocycles. The van der Waals surface area contributed by atoms with Crippen molar-refractivity contribution < 1.29 is 14.2 Å². The zero-order chi connectivity index (χ0) is 9.35. The molecule has 1 aromatic heterocycles. The Labute approximate surface area is 57.1 Å². The first-order chi connectivity index (χ1) is 5.41. The van der Waals surface area contributed by atoms with Crippen LogP contribution < -0.4 is 5.59 Å². The van der Waals surface area contributed by atoms with E-state index < -0.39 is 14.1 Å². The van der Waals surface area contributed by atoms with Crippen molar-refractivity contribution in [1.82, 2.24) is 9.78 Å². The molecule has 48 valence electrons. The smallest absolute Gasteiger partial charge is 0.422 e. The Bertz CT molecular complexity index is 272. The van der Waals surface area contributed by atoms with Gasteiger partial charge in [-0.2, -0.15) is 5.10 Å². The molecular weight excluding hydrogens is 119 g/mol. The summed E-state index contributed by atoms with van der Waals surface area (Å²) in [4.78, 5) is 0. The molecule has 1 aromatic rings. The monoisotopic (exact) mass is 129 g/mol. The second-order valence-corrected chi connectivity index (χ2v) is 1.56. The van der Waals surface area contributed by atoms with Gasteiger partial charge in [-0.05, 0) is 6.07 Å². The van der Waals surface area contributed by atoms with Crippen LogP contribution in [0.15, 0.2) is 12.3 Å². The first-order valence-corrected chi connectivity index (χ1v) is 2.33. The van der Waals surface area contributed by atoms with Crippen molar-refractivity contribution in [3.8, 4) is 0 Å². The van der Waals surface area contributed by atoms with Gasteiger partial charge in [-0.25, -0.2) is 0 Å². The van der Waals surface area contributed by atoms with E-state index in [0.717, 1.165) is 0 Å². The van der Waals surface area contributed by atoms with Gasteiger partial charge in [0.2, 0.25) is 0 Å². The van der Waals surface area contributed by atoms with Crippen LogP contribution in [0.4, 0.5) is 0 Å². The summed E-state index contributed by atoms with van der Waals surface area (Å²) in [5.74, 6) is 0. The molecule has 0 saturated carbocycles. The molecule has 4 nitrogen and oxygen atoms in total. The van der Waals surface area contributed by atoms with E-state index in [1.54, 1.807) is 0 Å². The molecule has 0 bridgehead atoms. The second-order valence-electron chi connectivity index (χ2n) is 1.56. The molecular formula is C4H7BN2O2. The molecule has 0 fully saturated rings. The van der Waals surface area contributed by atoms with Gasteiger partial charge in [0.1, 0.15) is 0 Å². The molecule has 0 atom stereocenters. The van der Waals surface area contributed by atoms with Crippen LogP contribution in [0.2, 0.25) is 0 Å². The van der Waals surface area contributed by atoms with Crippen LogP contribution in [0.25, 0.3) is 0 Å². The van der Waals surface area contributed by atoms with Crippen molar-refractivity contribution >= 4 is 12.7 Å². The van der Waals surface area contributed by atoms with Gasteiger partial charge in [0, 0.05) is 17.3 Å². The fraction of sp³-hybridized carbons (Fsp3) is 0.250. The molecule has 1 heterocycles. The molecule has 0 radical (unpaired) electrons. The maximum absolute atomic E-state index is 8.60. The van der Waals surface area contributed by atoms with Gasteiger partial charge in [-0.3, -0.25) is 4.68 Å². The zero-order valence-electron chi connectivity index (χ0n) is 7.52. The first-order valence-electron chi connectivity index (χ1n) is 3.83. The number of hydrogen-bond donors (Lipinski definition) is 2. The van der Waals surface area contributed by atoms with Gasteiger partial charge < -0.3 is 10.0 Å². The number of aryl methyl sites for hydroxylation is 1. The molecule has 0 aliphatic heterocycles.